The molecule has 0 spiro atoms. The molecule has 1 aliphatic carbocycles. The Kier molecular flexibility index (Phi) is 4.04. The molecule has 4 rings (SSSR count). The summed E-state index contributed by atoms with van der Waals surface area (Å²) in [6.07, 6.45) is 4.09. The van der Waals surface area contributed by atoms with Crippen molar-refractivity contribution in [2.45, 2.75) is 37.5 Å². The number of benzene rings is 1. The molecule has 1 aliphatic heterocycles. The number of aromatic nitrogens is 2. The van der Waals surface area contributed by atoms with Crippen molar-refractivity contribution < 1.29 is 13.6 Å². The van der Waals surface area contributed by atoms with Crippen molar-refractivity contribution in [1.82, 2.24) is 15.1 Å². The Morgan fingerprint density at radius 2 is 1.62 bits per heavy atom. The van der Waals surface area contributed by atoms with E-state index >= 15 is 0 Å². The third-order valence-corrected chi connectivity index (χ3v) is 5.93. The predicted molar refractivity (Wildman–Crippen MR) is 86.1 cm³/mol. The van der Waals surface area contributed by atoms with Crippen LogP contribution in [0.25, 0.3) is 0 Å². The van der Waals surface area contributed by atoms with Crippen molar-refractivity contribution in [3.05, 3.63) is 45.4 Å². The molecule has 2 aliphatic rings. The van der Waals surface area contributed by atoms with Gasteiger partial charge in [-0.15, -0.1) is 21.5 Å². The SMILES string of the molecule is O=C(c1ccc(F)c(F)c1)N1CCC(c2nnc(C3CC3)s2)CC1. The van der Waals surface area contributed by atoms with Gasteiger partial charge in [0.15, 0.2) is 11.6 Å². The Morgan fingerprint density at radius 3 is 2.21 bits per heavy atom. The van der Waals surface area contributed by atoms with E-state index in [1.807, 2.05) is 0 Å². The lowest BCUT2D eigenvalue weighted by molar-refractivity contribution is 0.0712. The highest BCUT2D eigenvalue weighted by Crippen LogP contribution is 2.43. The predicted octanol–water partition coefficient (Wildman–Crippen LogP) is 3.71. The molecule has 0 bridgehead atoms. The van der Waals surface area contributed by atoms with Gasteiger partial charge in [-0.25, -0.2) is 8.78 Å². The molecular weight excluding hydrogens is 332 g/mol. The summed E-state index contributed by atoms with van der Waals surface area (Å²) >= 11 is 1.70. The van der Waals surface area contributed by atoms with E-state index in [-0.39, 0.29) is 11.5 Å². The molecule has 126 valence electrons. The van der Waals surface area contributed by atoms with Crippen LogP contribution in [0, 0.1) is 11.6 Å². The summed E-state index contributed by atoms with van der Waals surface area (Å²) in [6.45, 7) is 1.20. The first-order valence-electron chi connectivity index (χ1n) is 8.19. The normalized spacial score (nSPS) is 18.8. The highest BCUT2D eigenvalue weighted by Gasteiger charge is 2.31. The van der Waals surface area contributed by atoms with E-state index < -0.39 is 11.6 Å². The molecule has 4 nitrogen and oxygen atoms in total. The lowest BCUT2D eigenvalue weighted by Gasteiger charge is -2.31. The standard InChI is InChI=1S/C17H17F2N3OS/c18-13-4-3-12(9-14(13)19)17(23)22-7-5-11(6-8-22)16-21-20-15(24-16)10-1-2-10/h3-4,9-11H,1-2,5-8H2. The first-order valence-corrected chi connectivity index (χ1v) is 9.01. The molecule has 0 unspecified atom stereocenters. The van der Waals surface area contributed by atoms with Gasteiger partial charge in [-0.1, -0.05) is 0 Å². The zero-order valence-electron chi connectivity index (χ0n) is 13.0. The quantitative estimate of drug-likeness (QED) is 0.848. The van der Waals surface area contributed by atoms with E-state index in [1.54, 1.807) is 16.2 Å². The van der Waals surface area contributed by atoms with Gasteiger partial charge in [0.25, 0.3) is 5.91 Å². The van der Waals surface area contributed by atoms with E-state index in [4.69, 9.17) is 0 Å². The summed E-state index contributed by atoms with van der Waals surface area (Å²) in [7, 11) is 0. The number of halogens is 2. The fraction of sp³-hybridized carbons (Fsp3) is 0.471. The maximum absolute atomic E-state index is 13.3. The van der Waals surface area contributed by atoms with E-state index in [0.29, 0.717) is 24.9 Å². The number of carbonyl (C=O) groups excluding carboxylic acids is 1. The molecule has 1 amide bonds. The van der Waals surface area contributed by atoms with E-state index in [2.05, 4.69) is 10.2 Å². The highest BCUT2D eigenvalue weighted by molar-refractivity contribution is 7.11. The van der Waals surface area contributed by atoms with Gasteiger partial charge in [0, 0.05) is 30.5 Å². The zero-order valence-corrected chi connectivity index (χ0v) is 13.9. The van der Waals surface area contributed by atoms with Gasteiger partial charge in [0.2, 0.25) is 0 Å². The van der Waals surface area contributed by atoms with E-state index in [0.717, 1.165) is 35.0 Å². The van der Waals surface area contributed by atoms with Gasteiger partial charge in [0.05, 0.1) is 0 Å². The smallest absolute Gasteiger partial charge is 0.253 e. The van der Waals surface area contributed by atoms with E-state index in [1.165, 1.54) is 18.9 Å². The van der Waals surface area contributed by atoms with Gasteiger partial charge in [-0.3, -0.25) is 4.79 Å². The van der Waals surface area contributed by atoms with Crippen LogP contribution in [0.2, 0.25) is 0 Å². The zero-order chi connectivity index (χ0) is 16.7. The second-order valence-corrected chi connectivity index (χ2v) is 7.49. The van der Waals surface area contributed by atoms with E-state index in [9.17, 15) is 13.6 Å². The van der Waals surface area contributed by atoms with Crippen molar-refractivity contribution in [1.29, 1.82) is 0 Å². The summed E-state index contributed by atoms with van der Waals surface area (Å²) in [6, 6.07) is 3.30. The van der Waals surface area contributed by atoms with Gasteiger partial charge in [0.1, 0.15) is 10.0 Å². The van der Waals surface area contributed by atoms with Crippen LogP contribution in [-0.2, 0) is 0 Å². The molecule has 1 aromatic carbocycles. The van der Waals surface area contributed by atoms with Crippen molar-refractivity contribution in [2.24, 2.45) is 0 Å². The van der Waals surface area contributed by atoms with Crippen LogP contribution in [0.3, 0.4) is 0 Å². The summed E-state index contributed by atoms with van der Waals surface area (Å²) in [4.78, 5) is 14.1. The Labute approximate surface area is 142 Å². The minimum absolute atomic E-state index is 0.194. The monoisotopic (exact) mass is 349 g/mol. The Morgan fingerprint density at radius 1 is 1.00 bits per heavy atom. The molecule has 1 aromatic heterocycles. The number of rotatable bonds is 3. The molecule has 2 heterocycles. The Bertz CT molecular complexity index is 767. The van der Waals surface area contributed by atoms with Crippen molar-refractivity contribution in [3.8, 4) is 0 Å². The lowest BCUT2D eigenvalue weighted by atomic mass is 9.97. The molecule has 7 heteroatoms. The number of carbonyl (C=O) groups is 1. The van der Waals surface area contributed by atoms with Crippen molar-refractivity contribution in [2.75, 3.05) is 13.1 Å². The first-order chi connectivity index (χ1) is 11.6. The number of likely N-dealkylation sites (tertiary alicyclic amines) is 1. The van der Waals surface area contributed by atoms with Gasteiger partial charge >= 0.3 is 0 Å². The summed E-state index contributed by atoms with van der Waals surface area (Å²) in [5, 5.41) is 10.8. The molecule has 2 aromatic rings. The van der Waals surface area contributed by atoms with Crippen LogP contribution in [-0.4, -0.2) is 34.1 Å². The molecule has 2 fully saturated rings. The van der Waals surface area contributed by atoms with Crippen LogP contribution in [0.4, 0.5) is 8.78 Å². The summed E-state index contributed by atoms with van der Waals surface area (Å²) < 4.78 is 26.3. The van der Waals surface area contributed by atoms with Crippen molar-refractivity contribution in [3.63, 3.8) is 0 Å². The number of hydrogen-bond acceptors (Lipinski definition) is 4. The Hall–Kier alpha value is -1.89. The molecule has 24 heavy (non-hydrogen) atoms. The second-order valence-electron chi connectivity index (χ2n) is 6.45. The molecule has 1 saturated heterocycles. The van der Waals surface area contributed by atoms with Gasteiger partial charge < -0.3 is 4.90 Å². The van der Waals surface area contributed by atoms with Crippen LogP contribution in [0.1, 0.15) is 57.9 Å². The number of piperidine rings is 1. The third-order valence-electron chi connectivity index (χ3n) is 4.68. The van der Waals surface area contributed by atoms with Crippen LogP contribution < -0.4 is 0 Å². The fourth-order valence-corrected chi connectivity index (χ4v) is 4.23. The van der Waals surface area contributed by atoms with Crippen molar-refractivity contribution >= 4 is 17.2 Å². The highest BCUT2D eigenvalue weighted by atomic mass is 32.1. The average Bonchev–Trinajstić information content (AvgIpc) is 3.34. The summed E-state index contributed by atoms with van der Waals surface area (Å²) in [5.74, 6) is -1.22. The van der Waals surface area contributed by atoms with Gasteiger partial charge in [-0.2, -0.15) is 0 Å². The third kappa shape index (κ3) is 3.05. The molecule has 1 saturated carbocycles. The maximum atomic E-state index is 13.3. The lowest BCUT2D eigenvalue weighted by Crippen LogP contribution is -2.38. The number of amides is 1. The molecule has 0 atom stereocenters. The number of nitrogens with zero attached hydrogens (tertiary/aromatic N) is 3. The molecule has 0 radical (unpaired) electrons. The molecule has 0 N–H and O–H groups in total. The number of hydrogen-bond donors (Lipinski definition) is 0. The van der Waals surface area contributed by atoms with Crippen LogP contribution >= 0.6 is 11.3 Å². The fourth-order valence-electron chi connectivity index (χ4n) is 3.05. The minimum atomic E-state index is -0.989. The summed E-state index contributed by atoms with van der Waals surface area (Å²) in [5.41, 5.74) is 0.194. The topological polar surface area (TPSA) is 46.1 Å². The van der Waals surface area contributed by atoms with Crippen LogP contribution in [0.15, 0.2) is 18.2 Å². The maximum Gasteiger partial charge on any atom is 0.253 e. The second kappa shape index (κ2) is 6.20. The minimum Gasteiger partial charge on any atom is -0.339 e. The average molecular weight is 349 g/mol. The first kappa shape index (κ1) is 15.6. The largest absolute Gasteiger partial charge is 0.339 e. The van der Waals surface area contributed by atoms with Crippen LogP contribution in [0.5, 0.6) is 0 Å². The Balaban J connectivity index is 1.39. The molecular formula is C17H17F2N3OS. The van der Waals surface area contributed by atoms with Gasteiger partial charge in [-0.05, 0) is 43.9 Å².